The Kier molecular flexibility index (Phi) is 10.6. The van der Waals surface area contributed by atoms with Crippen molar-refractivity contribution >= 4 is 41.2 Å². The van der Waals surface area contributed by atoms with Gasteiger partial charge in [-0.3, -0.25) is 9.79 Å². The van der Waals surface area contributed by atoms with E-state index < -0.39 is 24.0 Å². The molecule has 13 nitrogen and oxygen atoms in total. The number of piperazine rings is 1. The summed E-state index contributed by atoms with van der Waals surface area (Å²) < 4.78 is 4.66. The second kappa shape index (κ2) is 14.7. The average molecular weight is 580 g/mol. The highest BCUT2D eigenvalue weighted by molar-refractivity contribution is 5.94. The average Bonchev–Trinajstić information content (AvgIpc) is 3.02. The summed E-state index contributed by atoms with van der Waals surface area (Å²) in [5.74, 6) is -1.06. The fraction of sp³-hybridized carbons (Fsp3) is 0.414. The number of ether oxygens (including phenoxy) is 1. The number of esters is 1. The Bertz CT molecular complexity index is 1290. The lowest BCUT2D eigenvalue weighted by Crippen LogP contribution is -2.50. The first-order chi connectivity index (χ1) is 20.3. The topological polar surface area (TPSA) is 165 Å². The third-order valence-corrected chi connectivity index (χ3v) is 7.08. The molecule has 2 aliphatic heterocycles. The molecule has 1 atom stereocenters. The number of anilines is 2. The van der Waals surface area contributed by atoms with Crippen LogP contribution in [-0.2, 0) is 20.9 Å². The molecule has 1 saturated heterocycles. The Morgan fingerprint density at radius 1 is 1.07 bits per heavy atom. The van der Waals surface area contributed by atoms with E-state index in [-0.39, 0.29) is 25.3 Å². The molecule has 0 aliphatic carbocycles. The highest BCUT2D eigenvalue weighted by atomic mass is 16.5. The molecule has 0 unspecified atom stereocenters. The number of amides is 3. The number of carbonyl (C=O) groups is 4. The van der Waals surface area contributed by atoms with E-state index in [0.717, 1.165) is 42.4 Å². The van der Waals surface area contributed by atoms with Gasteiger partial charge in [0.05, 0.1) is 12.7 Å². The number of hydrogen-bond donors (Lipinski definition) is 5. The van der Waals surface area contributed by atoms with Crippen LogP contribution in [-0.4, -0.2) is 92.3 Å². The zero-order valence-electron chi connectivity index (χ0n) is 23.6. The van der Waals surface area contributed by atoms with Gasteiger partial charge in [-0.1, -0.05) is 18.2 Å². The molecule has 2 aromatic rings. The standard InChI is InChI=1S/C29H37N7O6/c1-42-27(40)21-8-6-20(7-9-21)19-32-29(41)34-24(26(38)39)10-11-25(37)36-16-14-35(15-17-36)23-5-2-4-22(18-23)33-28-30-12-3-13-31-28/h2,4-9,18,24H,3,10-17,19H2,1H3,(H,38,39)(H2,30,31,33)(H2,32,34,41)/t24-/m0/s1. The van der Waals surface area contributed by atoms with Gasteiger partial charge in [-0.15, -0.1) is 0 Å². The van der Waals surface area contributed by atoms with Crippen LogP contribution in [0.25, 0.3) is 0 Å². The second-order valence-corrected chi connectivity index (χ2v) is 10.00. The van der Waals surface area contributed by atoms with Crippen LogP contribution in [0.3, 0.4) is 0 Å². The number of carboxylic acids is 1. The van der Waals surface area contributed by atoms with E-state index in [1.165, 1.54) is 7.11 Å². The number of benzene rings is 2. The van der Waals surface area contributed by atoms with Crippen molar-refractivity contribution in [1.82, 2.24) is 20.9 Å². The van der Waals surface area contributed by atoms with Crippen molar-refractivity contribution in [2.75, 3.05) is 56.6 Å². The second-order valence-electron chi connectivity index (χ2n) is 10.00. The molecule has 4 rings (SSSR count). The van der Waals surface area contributed by atoms with E-state index in [0.29, 0.717) is 31.7 Å². The maximum atomic E-state index is 12.9. The fourth-order valence-electron chi connectivity index (χ4n) is 4.70. The van der Waals surface area contributed by atoms with E-state index in [2.05, 4.69) is 42.0 Å². The number of nitrogens with zero attached hydrogens (tertiary/aromatic N) is 3. The van der Waals surface area contributed by atoms with Gasteiger partial charge in [-0.2, -0.15) is 0 Å². The van der Waals surface area contributed by atoms with Crippen LogP contribution in [0.15, 0.2) is 53.5 Å². The number of carbonyl (C=O) groups excluding carboxylic acids is 3. The summed E-state index contributed by atoms with van der Waals surface area (Å²) >= 11 is 0. The predicted octanol–water partition coefficient (Wildman–Crippen LogP) is 1.62. The maximum absolute atomic E-state index is 12.9. The van der Waals surface area contributed by atoms with Crippen LogP contribution in [0.2, 0.25) is 0 Å². The van der Waals surface area contributed by atoms with Crippen molar-refractivity contribution in [1.29, 1.82) is 0 Å². The highest BCUT2D eigenvalue weighted by Gasteiger charge is 2.25. The van der Waals surface area contributed by atoms with Crippen LogP contribution >= 0.6 is 0 Å². The van der Waals surface area contributed by atoms with Crippen molar-refractivity contribution < 1.29 is 29.0 Å². The molecule has 42 heavy (non-hydrogen) atoms. The predicted molar refractivity (Wildman–Crippen MR) is 158 cm³/mol. The van der Waals surface area contributed by atoms with Crippen LogP contribution in [0, 0.1) is 0 Å². The number of guanidine groups is 1. The minimum absolute atomic E-state index is 0.000748. The van der Waals surface area contributed by atoms with E-state index in [1.54, 1.807) is 29.2 Å². The largest absolute Gasteiger partial charge is 0.480 e. The summed E-state index contributed by atoms with van der Waals surface area (Å²) in [7, 11) is 1.29. The smallest absolute Gasteiger partial charge is 0.337 e. The van der Waals surface area contributed by atoms with Gasteiger partial charge in [0.25, 0.3) is 0 Å². The Morgan fingerprint density at radius 3 is 2.50 bits per heavy atom. The molecule has 0 spiro atoms. The first kappa shape index (κ1) is 30.2. The molecule has 2 heterocycles. The molecule has 2 aromatic carbocycles. The van der Waals surface area contributed by atoms with Crippen LogP contribution < -0.4 is 26.2 Å². The lowest BCUT2D eigenvalue weighted by molar-refractivity contribution is -0.139. The Hall–Kier alpha value is -4.81. The third kappa shape index (κ3) is 8.59. The van der Waals surface area contributed by atoms with E-state index >= 15 is 0 Å². The zero-order chi connectivity index (χ0) is 29.9. The monoisotopic (exact) mass is 579 g/mol. The summed E-state index contributed by atoms with van der Waals surface area (Å²) in [6.45, 7) is 4.17. The number of nitrogens with one attached hydrogen (secondary N) is 4. The first-order valence-corrected chi connectivity index (χ1v) is 13.9. The van der Waals surface area contributed by atoms with Gasteiger partial charge in [0.1, 0.15) is 6.04 Å². The van der Waals surface area contributed by atoms with E-state index in [4.69, 9.17) is 0 Å². The van der Waals surface area contributed by atoms with Crippen molar-refractivity contribution in [3.63, 3.8) is 0 Å². The molecule has 13 heteroatoms. The number of aliphatic imine (C=N–C) groups is 1. The molecule has 224 valence electrons. The molecule has 0 saturated carbocycles. The van der Waals surface area contributed by atoms with E-state index in [1.807, 2.05) is 18.2 Å². The molecule has 0 radical (unpaired) electrons. The normalized spacial score (nSPS) is 15.5. The highest BCUT2D eigenvalue weighted by Crippen LogP contribution is 2.21. The van der Waals surface area contributed by atoms with Crippen molar-refractivity contribution in [2.24, 2.45) is 4.99 Å². The molecule has 0 bridgehead atoms. The molecule has 1 fully saturated rings. The minimum atomic E-state index is -1.21. The lowest BCUT2D eigenvalue weighted by atomic mass is 10.1. The maximum Gasteiger partial charge on any atom is 0.337 e. The van der Waals surface area contributed by atoms with Gasteiger partial charge in [0.15, 0.2) is 5.96 Å². The van der Waals surface area contributed by atoms with Gasteiger partial charge in [0, 0.05) is 63.6 Å². The summed E-state index contributed by atoms with van der Waals surface area (Å²) in [5.41, 5.74) is 3.08. The van der Waals surface area contributed by atoms with Gasteiger partial charge < -0.3 is 40.9 Å². The van der Waals surface area contributed by atoms with Gasteiger partial charge >= 0.3 is 18.0 Å². The molecule has 0 aromatic heterocycles. The van der Waals surface area contributed by atoms with E-state index in [9.17, 15) is 24.3 Å². The van der Waals surface area contributed by atoms with Crippen molar-refractivity contribution in [3.05, 3.63) is 59.7 Å². The Balaban J connectivity index is 1.20. The van der Waals surface area contributed by atoms with Crippen LogP contribution in [0.5, 0.6) is 0 Å². The number of urea groups is 1. The Labute approximate surface area is 244 Å². The van der Waals surface area contributed by atoms with Gasteiger partial charge in [0.2, 0.25) is 5.91 Å². The van der Waals surface area contributed by atoms with Crippen molar-refractivity contribution in [2.45, 2.75) is 31.8 Å². The SMILES string of the molecule is COC(=O)c1ccc(CNC(=O)N[C@@H](CCC(=O)N2CCN(c3cccc(NC4=NCCCN4)c3)CC2)C(=O)O)cc1. The lowest BCUT2D eigenvalue weighted by Gasteiger charge is -2.36. The fourth-order valence-corrected chi connectivity index (χ4v) is 4.70. The van der Waals surface area contributed by atoms with Crippen LogP contribution in [0.1, 0.15) is 35.2 Å². The summed E-state index contributed by atoms with van der Waals surface area (Å²) in [6.07, 6.45) is 0.996. The first-order valence-electron chi connectivity index (χ1n) is 13.9. The quantitative estimate of drug-likeness (QED) is 0.263. The minimum Gasteiger partial charge on any atom is -0.480 e. The van der Waals surface area contributed by atoms with Gasteiger partial charge in [-0.05, 0) is 48.7 Å². The number of methoxy groups -OCH3 is 1. The van der Waals surface area contributed by atoms with Crippen LogP contribution in [0.4, 0.5) is 16.2 Å². The summed E-state index contributed by atoms with van der Waals surface area (Å²) in [6, 6.07) is 12.7. The molecular formula is C29H37N7O6. The zero-order valence-corrected chi connectivity index (χ0v) is 23.6. The molecule has 3 amide bonds. The number of hydrogen-bond acceptors (Lipinski definition) is 9. The number of carboxylic acid groups (broad SMARTS) is 1. The molecule has 2 aliphatic rings. The Morgan fingerprint density at radius 2 is 1.83 bits per heavy atom. The number of aliphatic carboxylic acids is 1. The molecular weight excluding hydrogens is 542 g/mol. The third-order valence-electron chi connectivity index (χ3n) is 7.08. The summed E-state index contributed by atoms with van der Waals surface area (Å²) in [4.78, 5) is 56.9. The molecule has 5 N–H and O–H groups in total. The van der Waals surface area contributed by atoms with Gasteiger partial charge in [-0.25, -0.2) is 14.4 Å². The number of rotatable bonds is 10. The van der Waals surface area contributed by atoms with Crippen molar-refractivity contribution in [3.8, 4) is 0 Å². The summed E-state index contributed by atoms with van der Waals surface area (Å²) in [5, 5.41) is 21.2.